The molecule has 1 fully saturated rings. The van der Waals surface area contributed by atoms with E-state index in [1.807, 2.05) is 0 Å². The van der Waals surface area contributed by atoms with Gasteiger partial charge in [-0.3, -0.25) is 0 Å². The van der Waals surface area contributed by atoms with Crippen molar-refractivity contribution in [2.45, 2.75) is 6.42 Å². The third-order valence-corrected chi connectivity index (χ3v) is 4.98. The fourth-order valence-corrected chi connectivity index (χ4v) is 3.54. The first-order valence-electron chi connectivity index (χ1n) is 8.96. The van der Waals surface area contributed by atoms with E-state index in [-0.39, 0.29) is 5.95 Å². The van der Waals surface area contributed by atoms with Crippen molar-refractivity contribution < 1.29 is 4.74 Å². The van der Waals surface area contributed by atoms with Gasteiger partial charge in [0.2, 0.25) is 5.95 Å². The van der Waals surface area contributed by atoms with Crippen molar-refractivity contribution in [3.8, 4) is 0 Å². The van der Waals surface area contributed by atoms with Crippen LogP contribution in [0.25, 0.3) is 5.57 Å². The molecule has 3 heterocycles. The van der Waals surface area contributed by atoms with E-state index in [0.29, 0.717) is 12.4 Å². The fourth-order valence-electron chi connectivity index (χ4n) is 3.54. The summed E-state index contributed by atoms with van der Waals surface area (Å²) in [6.07, 6.45) is 4.88. The van der Waals surface area contributed by atoms with Gasteiger partial charge >= 0.3 is 0 Å². The molecule has 0 spiro atoms. The van der Waals surface area contributed by atoms with Crippen LogP contribution in [0.4, 0.5) is 23.1 Å². The van der Waals surface area contributed by atoms with Crippen molar-refractivity contribution in [2.24, 2.45) is 0 Å². The Morgan fingerprint density at radius 3 is 2.58 bits per heavy atom. The number of piperazine rings is 1. The van der Waals surface area contributed by atoms with Gasteiger partial charge in [0.1, 0.15) is 0 Å². The molecule has 0 aliphatic carbocycles. The number of hydrogen-bond donors (Lipinski definition) is 2. The van der Waals surface area contributed by atoms with Gasteiger partial charge in [-0.1, -0.05) is 18.2 Å². The Morgan fingerprint density at radius 1 is 1.04 bits per heavy atom. The van der Waals surface area contributed by atoms with Gasteiger partial charge < -0.3 is 26.0 Å². The number of hydrogen-bond acceptors (Lipinski definition) is 7. The summed E-state index contributed by atoms with van der Waals surface area (Å²) in [5.74, 6) is 0.656. The Kier molecular flexibility index (Phi) is 4.62. The maximum atomic E-state index is 6.00. The van der Waals surface area contributed by atoms with E-state index in [1.165, 1.54) is 16.8 Å². The monoisotopic (exact) mass is 352 g/mol. The predicted octanol–water partition coefficient (Wildman–Crippen LogP) is 1.77. The molecule has 2 aromatic rings. The van der Waals surface area contributed by atoms with Crippen molar-refractivity contribution in [1.29, 1.82) is 0 Å². The number of benzene rings is 1. The molecule has 26 heavy (non-hydrogen) atoms. The average molecular weight is 352 g/mol. The highest BCUT2D eigenvalue weighted by Crippen LogP contribution is 2.27. The third kappa shape index (κ3) is 3.43. The molecule has 2 aliphatic rings. The van der Waals surface area contributed by atoms with Crippen LogP contribution >= 0.6 is 0 Å². The van der Waals surface area contributed by atoms with E-state index in [9.17, 15) is 0 Å². The van der Waals surface area contributed by atoms with Crippen molar-refractivity contribution in [3.05, 3.63) is 42.1 Å². The van der Waals surface area contributed by atoms with Gasteiger partial charge in [0.15, 0.2) is 5.82 Å². The SMILES string of the molecule is Nc1ncc(N2CCN(c3cccc(C4=CCOCC4)c3)CC2)c(N)n1. The number of ether oxygens (including phenoxy) is 1. The molecular weight excluding hydrogens is 328 g/mol. The van der Waals surface area contributed by atoms with Gasteiger partial charge in [-0.2, -0.15) is 4.98 Å². The first kappa shape index (κ1) is 16.7. The topological polar surface area (TPSA) is 93.5 Å². The van der Waals surface area contributed by atoms with Crippen LogP contribution in [0.2, 0.25) is 0 Å². The zero-order chi connectivity index (χ0) is 17.9. The van der Waals surface area contributed by atoms with Crippen LogP contribution in [0.3, 0.4) is 0 Å². The molecule has 7 nitrogen and oxygen atoms in total. The summed E-state index contributed by atoms with van der Waals surface area (Å²) in [7, 11) is 0. The molecular formula is C19H24N6O. The zero-order valence-electron chi connectivity index (χ0n) is 14.8. The van der Waals surface area contributed by atoms with Gasteiger partial charge in [0, 0.05) is 31.9 Å². The highest BCUT2D eigenvalue weighted by Gasteiger charge is 2.20. The quantitative estimate of drug-likeness (QED) is 0.869. The first-order valence-corrected chi connectivity index (χ1v) is 8.96. The second-order valence-electron chi connectivity index (χ2n) is 6.58. The molecule has 0 radical (unpaired) electrons. The Bertz CT molecular complexity index is 813. The van der Waals surface area contributed by atoms with E-state index in [4.69, 9.17) is 16.2 Å². The molecule has 136 valence electrons. The number of nitrogens with two attached hydrogens (primary N) is 2. The van der Waals surface area contributed by atoms with Crippen LogP contribution in [0, 0.1) is 0 Å². The smallest absolute Gasteiger partial charge is 0.222 e. The summed E-state index contributed by atoms with van der Waals surface area (Å²) in [6.45, 7) is 5.12. The Labute approximate surface area is 153 Å². The standard InChI is InChI=1S/C19H24N6O/c20-18-17(13-22-19(21)23-18)25-8-6-24(7-9-25)16-3-1-2-15(12-16)14-4-10-26-11-5-14/h1-4,12-13H,5-11H2,(H4,20,21,22,23). The number of rotatable bonds is 3. The minimum atomic E-state index is 0.212. The Morgan fingerprint density at radius 2 is 1.85 bits per heavy atom. The van der Waals surface area contributed by atoms with E-state index >= 15 is 0 Å². The predicted molar refractivity (Wildman–Crippen MR) is 105 cm³/mol. The normalized spacial score (nSPS) is 17.9. The lowest BCUT2D eigenvalue weighted by molar-refractivity contribution is 0.161. The van der Waals surface area contributed by atoms with Crippen LogP contribution in [0.5, 0.6) is 0 Å². The molecule has 1 aromatic heterocycles. The second-order valence-corrected chi connectivity index (χ2v) is 6.58. The average Bonchev–Trinajstić information content (AvgIpc) is 2.69. The van der Waals surface area contributed by atoms with E-state index in [1.54, 1.807) is 6.20 Å². The Balaban J connectivity index is 1.45. The molecule has 4 N–H and O–H groups in total. The molecule has 0 bridgehead atoms. The highest BCUT2D eigenvalue weighted by atomic mass is 16.5. The Hall–Kier alpha value is -2.80. The molecule has 0 saturated carbocycles. The summed E-state index contributed by atoms with van der Waals surface area (Å²) >= 11 is 0. The summed E-state index contributed by atoms with van der Waals surface area (Å²) in [5, 5.41) is 0. The fraction of sp³-hybridized carbons (Fsp3) is 0.368. The summed E-state index contributed by atoms with van der Waals surface area (Å²) in [4.78, 5) is 12.8. The van der Waals surface area contributed by atoms with Crippen molar-refractivity contribution in [1.82, 2.24) is 9.97 Å². The van der Waals surface area contributed by atoms with Gasteiger partial charge in [-0.25, -0.2) is 4.98 Å². The molecule has 4 rings (SSSR count). The number of nitrogen functional groups attached to an aromatic ring is 2. The third-order valence-electron chi connectivity index (χ3n) is 4.98. The van der Waals surface area contributed by atoms with Gasteiger partial charge in [-0.15, -0.1) is 0 Å². The van der Waals surface area contributed by atoms with Crippen molar-refractivity contribution in [2.75, 3.05) is 60.7 Å². The molecule has 1 aromatic carbocycles. The van der Waals surface area contributed by atoms with Gasteiger partial charge in [0.25, 0.3) is 0 Å². The van der Waals surface area contributed by atoms with Crippen LogP contribution in [-0.4, -0.2) is 49.4 Å². The molecule has 0 amide bonds. The van der Waals surface area contributed by atoms with Crippen molar-refractivity contribution in [3.63, 3.8) is 0 Å². The van der Waals surface area contributed by atoms with E-state index < -0.39 is 0 Å². The number of aromatic nitrogens is 2. The van der Waals surface area contributed by atoms with Crippen LogP contribution in [-0.2, 0) is 4.74 Å². The minimum absolute atomic E-state index is 0.212. The van der Waals surface area contributed by atoms with Crippen LogP contribution in [0.1, 0.15) is 12.0 Å². The van der Waals surface area contributed by atoms with Gasteiger partial charge in [0.05, 0.1) is 25.1 Å². The molecule has 1 saturated heterocycles. The van der Waals surface area contributed by atoms with Crippen LogP contribution in [0.15, 0.2) is 36.5 Å². The second kappa shape index (κ2) is 7.21. The summed E-state index contributed by atoms with van der Waals surface area (Å²) < 4.78 is 5.42. The lowest BCUT2D eigenvalue weighted by Gasteiger charge is -2.37. The first-order chi connectivity index (χ1) is 12.7. The minimum Gasteiger partial charge on any atom is -0.382 e. The largest absolute Gasteiger partial charge is 0.382 e. The maximum Gasteiger partial charge on any atom is 0.222 e. The number of anilines is 4. The van der Waals surface area contributed by atoms with E-state index in [0.717, 1.165) is 44.9 Å². The lowest BCUT2D eigenvalue weighted by Crippen LogP contribution is -2.46. The lowest BCUT2D eigenvalue weighted by atomic mass is 10.0. The maximum absolute atomic E-state index is 6.00. The van der Waals surface area contributed by atoms with Crippen LogP contribution < -0.4 is 21.3 Å². The van der Waals surface area contributed by atoms with Crippen molar-refractivity contribution >= 4 is 28.7 Å². The zero-order valence-corrected chi connectivity index (χ0v) is 14.8. The van der Waals surface area contributed by atoms with E-state index in [2.05, 4.69) is 50.1 Å². The molecule has 7 heteroatoms. The number of nitrogens with zero attached hydrogens (tertiary/aromatic N) is 4. The molecule has 2 aliphatic heterocycles. The van der Waals surface area contributed by atoms with Gasteiger partial charge in [-0.05, 0) is 29.7 Å². The molecule has 0 unspecified atom stereocenters. The summed E-state index contributed by atoms with van der Waals surface area (Å²) in [6, 6.07) is 8.79. The molecule has 0 atom stereocenters. The highest BCUT2D eigenvalue weighted by molar-refractivity contribution is 5.70. The summed E-state index contributed by atoms with van der Waals surface area (Å²) in [5.41, 5.74) is 16.4.